The number of rotatable bonds is 7. The fourth-order valence-corrected chi connectivity index (χ4v) is 2.67. The average molecular weight is 289 g/mol. The minimum Gasteiger partial charge on any atom is -0.496 e. The van der Waals surface area contributed by atoms with Crippen molar-refractivity contribution in [2.24, 2.45) is 5.73 Å². The van der Waals surface area contributed by atoms with E-state index in [4.69, 9.17) is 15.2 Å². The van der Waals surface area contributed by atoms with Crippen molar-refractivity contribution in [1.82, 2.24) is 0 Å². The zero-order valence-corrected chi connectivity index (χ0v) is 12.4. The number of nitrogens with two attached hydrogens (primary N) is 1. The van der Waals surface area contributed by atoms with Crippen LogP contribution in [0.15, 0.2) is 53.4 Å². The molecular weight excluding hydrogens is 270 g/mol. The molecule has 0 aliphatic heterocycles. The van der Waals surface area contributed by atoms with Crippen molar-refractivity contribution in [3.05, 3.63) is 54.1 Å². The minimum atomic E-state index is 0.535. The number of benzene rings is 2. The van der Waals surface area contributed by atoms with Crippen LogP contribution in [0.5, 0.6) is 11.5 Å². The molecule has 0 aromatic heterocycles. The molecule has 0 aliphatic rings. The van der Waals surface area contributed by atoms with Gasteiger partial charge >= 0.3 is 0 Å². The lowest BCUT2D eigenvalue weighted by molar-refractivity contribution is 0.343. The van der Waals surface area contributed by atoms with Gasteiger partial charge in [-0.15, -0.1) is 11.8 Å². The number of hydrogen-bond acceptors (Lipinski definition) is 4. The monoisotopic (exact) mass is 289 g/mol. The van der Waals surface area contributed by atoms with Crippen LogP contribution in [-0.4, -0.2) is 19.5 Å². The van der Waals surface area contributed by atoms with Crippen molar-refractivity contribution >= 4 is 11.8 Å². The Bertz CT molecular complexity index is 546. The molecular formula is C16H19NO2S. The van der Waals surface area contributed by atoms with E-state index >= 15 is 0 Å². The van der Waals surface area contributed by atoms with Crippen molar-refractivity contribution < 1.29 is 9.47 Å². The normalized spacial score (nSPS) is 10.3. The Morgan fingerprint density at radius 3 is 2.75 bits per heavy atom. The smallest absolute Gasteiger partial charge is 0.132 e. The molecule has 20 heavy (non-hydrogen) atoms. The van der Waals surface area contributed by atoms with Crippen LogP contribution in [0.25, 0.3) is 0 Å². The fourth-order valence-electron chi connectivity index (χ4n) is 1.81. The Morgan fingerprint density at radius 1 is 1.10 bits per heavy atom. The molecule has 2 aromatic carbocycles. The lowest BCUT2D eigenvalue weighted by Crippen LogP contribution is -2.02. The van der Waals surface area contributed by atoms with Crippen LogP contribution in [0.1, 0.15) is 5.56 Å². The highest BCUT2D eigenvalue weighted by atomic mass is 32.2. The molecule has 0 saturated carbocycles. The molecule has 106 valence electrons. The molecule has 0 amide bonds. The van der Waals surface area contributed by atoms with Crippen LogP contribution in [0.4, 0.5) is 0 Å². The summed E-state index contributed by atoms with van der Waals surface area (Å²) in [5, 5.41) is 0. The summed E-state index contributed by atoms with van der Waals surface area (Å²) in [7, 11) is 1.69. The van der Waals surface area contributed by atoms with E-state index in [1.165, 1.54) is 0 Å². The fraction of sp³-hybridized carbons (Fsp3) is 0.250. The maximum atomic E-state index is 5.73. The number of methoxy groups -OCH3 is 1. The van der Waals surface area contributed by atoms with Crippen molar-refractivity contribution in [2.75, 3.05) is 19.5 Å². The second-order valence-electron chi connectivity index (χ2n) is 4.20. The van der Waals surface area contributed by atoms with Gasteiger partial charge in [-0.1, -0.05) is 24.3 Å². The number of para-hydroxylation sites is 1. The summed E-state index contributed by atoms with van der Waals surface area (Å²) in [5.41, 5.74) is 6.69. The maximum absolute atomic E-state index is 5.73. The van der Waals surface area contributed by atoms with E-state index in [0.29, 0.717) is 13.2 Å². The van der Waals surface area contributed by atoms with Crippen molar-refractivity contribution in [3.8, 4) is 11.5 Å². The predicted octanol–water partition coefficient (Wildman–Crippen LogP) is 3.33. The largest absolute Gasteiger partial charge is 0.496 e. The van der Waals surface area contributed by atoms with Gasteiger partial charge < -0.3 is 15.2 Å². The summed E-state index contributed by atoms with van der Waals surface area (Å²) in [4.78, 5) is 1.13. The van der Waals surface area contributed by atoms with E-state index in [1.54, 1.807) is 18.9 Å². The van der Waals surface area contributed by atoms with E-state index in [0.717, 1.165) is 27.7 Å². The van der Waals surface area contributed by atoms with Crippen LogP contribution in [0.2, 0.25) is 0 Å². The molecule has 0 fully saturated rings. The van der Waals surface area contributed by atoms with E-state index in [-0.39, 0.29) is 0 Å². The Labute approximate surface area is 124 Å². The van der Waals surface area contributed by atoms with E-state index in [2.05, 4.69) is 6.07 Å². The molecule has 0 heterocycles. The lowest BCUT2D eigenvalue weighted by atomic mass is 10.2. The van der Waals surface area contributed by atoms with Gasteiger partial charge in [-0.25, -0.2) is 0 Å². The standard InChI is InChI=1S/C16H19NO2S/c1-18-15-7-2-3-8-16(15)20-10-9-19-14-6-4-5-13(11-14)12-17/h2-8,11H,9-10,12,17H2,1H3. The highest BCUT2D eigenvalue weighted by Crippen LogP contribution is 2.28. The third kappa shape index (κ3) is 4.18. The van der Waals surface area contributed by atoms with Crippen molar-refractivity contribution in [1.29, 1.82) is 0 Å². The van der Waals surface area contributed by atoms with Gasteiger partial charge in [-0.2, -0.15) is 0 Å². The van der Waals surface area contributed by atoms with E-state index in [9.17, 15) is 0 Å². The summed E-state index contributed by atoms with van der Waals surface area (Å²) in [6.07, 6.45) is 0. The molecule has 2 rings (SSSR count). The first-order chi connectivity index (χ1) is 9.83. The molecule has 0 spiro atoms. The second kappa shape index (κ2) is 7.82. The third-order valence-corrected chi connectivity index (χ3v) is 3.83. The van der Waals surface area contributed by atoms with Crippen LogP contribution in [0.3, 0.4) is 0 Å². The van der Waals surface area contributed by atoms with Gasteiger partial charge in [0.1, 0.15) is 11.5 Å². The summed E-state index contributed by atoms with van der Waals surface area (Å²) in [5.74, 6) is 2.64. The quantitative estimate of drug-likeness (QED) is 0.627. The summed E-state index contributed by atoms with van der Waals surface area (Å²) < 4.78 is 11.0. The Morgan fingerprint density at radius 2 is 1.95 bits per heavy atom. The summed E-state index contributed by atoms with van der Waals surface area (Å²) in [6.45, 7) is 1.18. The third-order valence-electron chi connectivity index (χ3n) is 2.81. The molecule has 0 saturated heterocycles. The van der Waals surface area contributed by atoms with Gasteiger partial charge in [-0.3, -0.25) is 0 Å². The maximum Gasteiger partial charge on any atom is 0.132 e. The molecule has 0 bridgehead atoms. The topological polar surface area (TPSA) is 44.5 Å². The van der Waals surface area contributed by atoms with Gasteiger partial charge in [0.05, 0.1) is 13.7 Å². The minimum absolute atomic E-state index is 0.535. The Kier molecular flexibility index (Phi) is 5.77. The van der Waals surface area contributed by atoms with Gasteiger partial charge in [0.15, 0.2) is 0 Å². The van der Waals surface area contributed by atoms with Gasteiger partial charge in [0.25, 0.3) is 0 Å². The highest BCUT2D eigenvalue weighted by Gasteiger charge is 2.02. The molecule has 0 aliphatic carbocycles. The average Bonchev–Trinajstić information content (AvgIpc) is 2.52. The van der Waals surface area contributed by atoms with Gasteiger partial charge in [0.2, 0.25) is 0 Å². The number of thioether (sulfide) groups is 1. The first-order valence-electron chi connectivity index (χ1n) is 6.51. The van der Waals surface area contributed by atoms with Crippen molar-refractivity contribution in [3.63, 3.8) is 0 Å². The first kappa shape index (κ1) is 14.8. The number of hydrogen-bond donors (Lipinski definition) is 1. The zero-order chi connectivity index (χ0) is 14.2. The highest BCUT2D eigenvalue weighted by molar-refractivity contribution is 7.99. The molecule has 2 aromatic rings. The SMILES string of the molecule is COc1ccccc1SCCOc1cccc(CN)c1. The molecule has 4 heteroatoms. The molecule has 2 N–H and O–H groups in total. The number of ether oxygens (including phenoxy) is 2. The van der Waals surface area contributed by atoms with E-state index < -0.39 is 0 Å². The first-order valence-corrected chi connectivity index (χ1v) is 7.49. The second-order valence-corrected chi connectivity index (χ2v) is 5.34. The van der Waals surface area contributed by atoms with Crippen LogP contribution < -0.4 is 15.2 Å². The molecule has 0 radical (unpaired) electrons. The summed E-state index contributed by atoms with van der Waals surface area (Å²) >= 11 is 1.73. The van der Waals surface area contributed by atoms with Crippen LogP contribution in [-0.2, 0) is 6.54 Å². The van der Waals surface area contributed by atoms with Crippen LogP contribution in [0, 0.1) is 0 Å². The van der Waals surface area contributed by atoms with Crippen molar-refractivity contribution in [2.45, 2.75) is 11.4 Å². The Hall–Kier alpha value is -1.65. The molecule has 0 unspecified atom stereocenters. The van der Waals surface area contributed by atoms with Gasteiger partial charge in [-0.05, 0) is 29.8 Å². The summed E-state index contributed by atoms with van der Waals surface area (Å²) in [6, 6.07) is 15.9. The predicted molar refractivity (Wildman–Crippen MR) is 83.5 cm³/mol. The zero-order valence-electron chi connectivity index (χ0n) is 11.5. The van der Waals surface area contributed by atoms with E-state index in [1.807, 2.05) is 42.5 Å². The van der Waals surface area contributed by atoms with Crippen LogP contribution >= 0.6 is 11.8 Å². The Balaban J connectivity index is 1.81. The van der Waals surface area contributed by atoms with Gasteiger partial charge in [0, 0.05) is 17.2 Å². The lowest BCUT2D eigenvalue weighted by Gasteiger charge is -2.09. The molecule has 3 nitrogen and oxygen atoms in total. The molecule has 0 atom stereocenters.